The van der Waals surface area contributed by atoms with E-state index in [1.807, 2.05) is 24.3 Å². The minimum atomic E-state index is 0.607. The number of hydrogen-bond donors (Lipinski definition) is 0. The molecule has 4 heteroatoms. The lowest BCUT2D eigenvalue weighted by atomic mass is 10.1. The molecule has 0 saturated carbocycles. The van der Waals surface area contributed by atoms with Crippen LogP contribution < -0.4 is 0 Å². The van der Waals surface area contributed by atoms with E-state index in [4.69, 9.17) is 6.42 Å². The molecule has 0 bridgehead atoms. The van der Waals surface area contributed by atoms with Gasteiger partial charge >= 0.3 is 0 Å². The Kier molecular flexibility index (Phi) is 1.99. The molecule has 14 heavy (non-hydrogen) atoms. The number of hydrogen-bond acceptors (Lipinski definition) is 3. The van der Waals surface area contributed by atoms with Crippen molar-refractivity contribution < 1.29 is 0 Å². The molecule has 0 spiro atoms. The largest absolute Gasteiger partial charge is 0.204 e. The molecule has 1 aromatic heterocycles. The second-order valence-electron chi connectivity index (χ2n) is 2.82. The van der Waals surface area contributed by atoms with Crippen molar-refractivity contribution in [2.75, 3.05) is 0 Å². The van der Waals surface area contributed by atoms with Crippen molar-refractivity contribution in [2.24, 2.45) is 7.05 Å². The van der Waals surface area contributed by atoms with Crippen LogP contribution in [-0.4, -0.2) is 20.2 Å². The number of rotatable bonds is 1. The molecule has 0 amide bonds. The lowest BCUT2D eigenvalue weighted by Crippen LogP contribution is -1.91. The van der Waals surface area contributed by atoms with Gasteiger partial charge in [0.15, 0.2) is 0 Å². The van der Waals surface area contributed by atoms with E-state index in [0.29, 0.717) is 5.82 Å². The average molecular weight is 184 g/mol. The van der Waals surface area contributed by atoms with E-state index >= 15 is 0 Å². The van der Waals surface area contributed by atoms with Gasteiger partial charge in [-0.05, 0) is 29.5 Å². The van der Waals surface area contributed by atoms with Gasteiger partial charge in [0, 0.05) is 11.1 Å². The highest BCUT2D eigenvalue weighted by Crippen LogP contribution is 2.13. The molecule has 2 aromatic rings. The number of nitrogens with zero attached hydrogens (tertiary/aromatic N) is 4. The summed E-state index contributed by atoms with van der Waals surface area (Å²) >= 11 is 0. The summed E-state index contributed by atoms with van der Waals surface area (Å²) in [6, 6.07) is 7.47. The van der Waals surface area contributed by atoms with Gasteiger partial charge in [0.25, 0.3) is 0 Å². The zero-order valence-corrected chi connectivity index (χ0v) is 7.68. The highest BCUT2D eigenvalue weighted by Gasteiger charge is 2.02. The van der Waals surface area contributed by atoms with Crippen LogP contribution in [-0.2, 0) is 7.05 Å². The Labute approximate surface area is 81.6 Å². The van der Waals surface area contributed by atoms with Gasteiger partial charge in [-0.15, -0.1) is 16.6 Å². The van der Waals surface area contributed by atoms with Gasteiger partial charge in [0.2, 0.25) is 5.82 Å². The maximum absolute atomic E-state index is 5.24. The molecule has 0 aliphatic rings. The van der Waals surface area contributed by atoms with Crippen molar-refractivity contribution in [3.8, 4) is 23.7 Å². The van der Waals surface area contributed by atoms with Crippen molar-refractivity contribution in [1.82, 2.24) is 20.2 Å². The Hall–Kier alpha value is -2.15. The second-order valence-corrected chi connectivity index (χ2v) is 2.82. The quantitative estimate of drug-likeness (QED) is 0.617. The van der Waals surface area contributed by atoms with E-state index < -0.39 is 0 Å². The van der Waals surface area contributed by atoms with E-state index in [1.54, 1.807) is 7.05 Å². The SMILES string of the molecule is C#Cc1ccc(-c2nnn(C)n2)cc1. The molecular weight excluding hydrogens is 176 g/mol. The fourth-order valence-electron chi connectivity index (χ4n) is 1.12. The van der Waals surface area contributed by atoms with Gasteiger partial charge in [0.05, 0.1) is 7.05 Å². The Morgan fingerprint density at radius 3 is 2.50 bits per heavy atom. The van der Waals surface area contributed by atoms with E-state index in [9.17, 15) is 0 Å². The van der Waals surface area contributed by atoms with Gasteiger partial charge in [-0.2, -0.15) is 4.80 Å². The molecular formula is C10H8N4. The predicted molar refractivity (Wildman–Crippen MR) is 52.2 cm³/mol. The van der Waals surface area contributed by atoms with Gasteiger partial charge in [-0.1, -0.05) is 5.92 Å². The summed E-state index contributed by atoms with van der Waals surface area (Å²) in [5.41, 5.74) is 1.76. The Morgan fingerprint density at radius 1 is 1.29 bits per heavy atom. The number of aryl methyl sites for hydroxylation is 1. The molecule has 68 valence electrons. The smallest absolute Gasteiger partial charge is 0.167 e. The Morgan fingerprint density at radius 2 is 2.00 bits per heavy atom. The zero-order valence-electron chi connectivity index (χ0n) is 7.68. The number of aromatic nitrogens is 4. The molecule has 0 N–H and O–H groups in total. The fourth-order valence-corrected chi connectivity index (χ4v) is 1.12. The van der Waals surface area contributed by atoms with Gasteiger partial charge in [-0.25, -0.2) is 0 Å². The van der Waals surface area contributed by atoms with Crippen LogP contribution in [0, 0.1) is 12.3 Å². The average Bonchev–Trinajstić information content (AvgIpc) is 2.65. The number of tetrazole rings is 1. The van der Waals surface area contributed by atoms with Crippen LogP contribution in [0.2, 0.25) is 0 Å². The van der Waals surface area contributed by atoms with Crippen molar-refractivity contribution >= 4 is 0 Å². The highest BCUT2D eigenvalue weighted by atomic mass is 15.6. The molecule has 1 heterocycles. The summed E-state index contributed by atoms with van der Waals surface area (Å²) in [6.07, 6.45) is 5.24. The molecule has 0 atom stereocenters. The van der Waals surface area contributed by atoms with Crippen molar-refractivity contribution in [3.05, 3.63) is 29.8 Å². The maximum atomic E-state index is 5.24. The van der Waals surface area contributed by atoms with Crippen LogP contribution >= 0.6 is 0 Å². The molecule has 1 aromatic carbocycles. The summed E-state index contributed by atoms with van der Waals surface area (Å²) in [5.74, 6) is 3.16. The summed E-state index contributed by atoms with van der Waals surface area (Å²) < 4.78 is 0. The summed E-state index contributed by atoms with van der Waals surface area (Å²) in [6.45, 7) is 0. The van der Waals surface area contributed by atoms with Crippen LogP contribution in [0.4, 0.5) is 0 Å². The first-order chi connectivity index (χ1) is 6.79. The molecule has 4 nitrogen and oxygen atoms in total. The molecule has 0 saturated heterocycles. The first kappa shape index (κ1) is 8.45. The van der Waals surface area contributed by atoms with Crippen LogP contribution in [0.5, 0.6) is 0 Å². The fraction of sp³-hybridized carbons (Fsp3) is 0.100. The van der Waals surface area contributed by atoms with Crippen molar-refractivity contribution in [1.29, 1.82) is 0 Å². The summed E-state index contributed by atoms with van der Waals surface area (Å²) in [7, 11) is 1.73. The predicted octanol–water partition coefficient (Wildman–Crippen LogP) is 0.858. The number of benzene rings is 1. The third-order valence-corrected chi connectivity index (χ3v) is 1.82. The molecule has 0 aliphatic carbocycles. The Balaban J connectivity index is 2.39. The second kappa shape index (κ2) is 3.30. The monoisotopic (exact) mass is 184 g/mol. The third kappa shape index (κ3) is 1.48. The maximum Gasteiger partial charge on any atom is 0.204 e. The number of terminal acetylenes is 1. The Bertz CT molecular complexity index is 476. The van der Waals surface area contributed by atoms with Gasteiger partial charge in [-0.3, -0.25) is 0 Å². The van der Waals surface area contributed by atoms with Crippen molar-refractivity contribution in [2.45, 2.75) is 0 Å². The first-order valence-corrected chi connectivity index (χ1v) is 4.10. The third-order valence-electron chi connectivity index (χ3n) is 1.82. The van der Waals surface area contributed by atoms with E-state index in [0.717, 1.165) is 11.1 Å². The highest BCUT2D eigenvalue weighted by molar-refractivity contribution is 5.55. The van der Waals surface area contributed by atoms with Gasteiger partial charge in [0.1, 0.15) is 0 Å². The minimum Gasteiger partial charge on any atom is -0.167 e. The first-order valence-electron chi connectivity index (χ1n) is 4.10. The molecule has 2 rings (SSSR count). The topological polar surface area (TPSA) is 43.6 Å². The van der Waals surface area contributed by atoms with Crippen LogP contribution in [0.1, 0.15) is 5.56 Å². The lowest BCUT2D eigenvalue weighted by molar-refractivity contribution is 0.630. The zero-order chi connectivity index (χ0) is 9.97. The molecule has 0 fully saturated rings. The standard InChI is InChI=1S/C10H8N4/c1-3-8-4-6-9(7-5-8)10-11-13-14(2)12-10/h1,4-7H,2H3. The van der Waals surface area contributed by atoms with Crippen LogP contribution in [0.25, 0.3) is 11.4 Å². The molecule has 0 radical (unpaired) electrons. The van der Waals surface area contributed by atoms with E-state index in [2.05, 4.69) is 21.3 Å². The molecule has 0 unspecified atom stereocenters. The minimum absolute atomic E-state index is 0.607. The summed E-state index contributed by atoms with van der Waals surface area (Å²) in [5, 5.41) is 11.7. The summed E-state index contributed by atoms with van der Waals surface area (Å²) in [4.78, 5) is 1.42. The lowest BCUT2D eigenvalue weighted by Gasteiger charge is -1.93. The van der Waals surface area contributed by atoms with E-state index in [1.165, 1.54) is 4.80 Å². The van der Waals surface area contributed by atoms with Crippen LogP contribution in [0.3, 0.4) is 0 Å². The molecule has 0 aliphatic heterocycles. The normalized spacial score (nSPS) is 9.71. The van der Waals surface area contributed by atoms with Crippen LogP contribution in [0.15, 0.2) is 24.3 Å². The van der Waals surface area contributed by atoms with Gasteiger partial charge < -0.3 is 0 Å². The van der Waals surface area contributed by atoms with E-state index in [-0.39, 0.29) is 0 Å². The van der Waals surface area contributed by atoms with Crippen molar-refractivity contribution in [3.63, 3.8) is 0 Å².